The monoisotopic (exact) mass is 569 g/mol. The summed E-state index contributed by atoms with van der Waals surface area (Å²) in [6.45, 7) is 4.14. The van der Waals surface area contributed by atoms with Crippen molar-refractivity contribution >= 4 is 35.6 Å². The number of nitrogens with zero attached hydrogens (tertiary/aromatic N) is 3. The van der Waals surface area contributed by atoms with Crippen molar-refractivity contribution in [1.29, 1.82) is 0 Å². The number of phenols is 2. The summed E-state index contributed by atoms with van der Waals surface area (Å²) in [5, 5.41) is 23.2. The number of benzene rings is 3. The Kier molecular flexibility index (Phi) is 11.2. The number of fused-ring (bicyclic) bond motifs is 4. The van der Waals surface area contributed by atoms with E-state index in [2.05, 4.69) is 27.0 Å². The molecule has 0 radical (unpaired) electrons. The number of aromatic hydroxyl groups is 2. The topological polar surface area (TPSA) is 86.9 Å². The molecule has 4 bridgehead atoms. The van der Waals surface area contributed by atoms with Crippen molar-refractivity contribution in [3.8, 4) is 11.5 Å². The molecule has 7 nitrogen and oxygen atoms in total. The number of halogens is 2. The number of rotatable bonds is 3. The minimum absolute atomic E-state index is 0.121. The minimum Gasteiger partial charge on any atom is -0.507 e. The summed E-state index contributed by atoms with van der Waals surface area (Å²) in [5.41, 5.74) is 3.60. The SMILES string of the molecule is Oc1c2cc(Cl)cc1CN(CCc1ccccc1)Cc1cc(Cl)cc(c1O)C=NCCOCCOCCN=C2. The maximum absolute atomic E-state index is 11.1. The van der Waals surface area contributed by atoms with E-state index in [1.807, 2.05) is 18.2 Å². The molecule has 0 amide bonds. The van der Waals surface area contributed by atoms with Crippen molar-refractivity contribution in [3.63, 3.8) is 0 Å². The first kappa shape index (κ1) is 29.1. The fourth-order valence-corrected chi connectivity index (χ4v) is 4.80. The molecule has 0 fully saturated rings. The van der Waals surface area contributed by atoms with Gasteiger partial charge in [-0.25, -0.2) is 0 Å². The molecule has 39 heavy (non-hydrogen) atoms. The van der Waals surface area contributed by atoms with Crippen LogP contribution in [0, 0.1) is 0 Å². The van der Waals surface area contributed by atoms with Gasteiger partial charge in [0.2, 0.25) is 0 Å². The molecule has 0 saturated carbocycles. The quantitative estimate of drug-likeness (QED) is 0.432. The summed E-state index contributed by atoms with van der Waals surface area (Å²) in [4.78, 5) is 10.9. The predicted molar refractivity (Wildman–Crippen MR) is 157 cm³/mol. The van der Waals surface area contributed by atoms with Crippen LogP contribution in [0.15, 0.2) is 64.6 Å². The molecule has 3 aromatic rings. The van der Waals surface area contributed by atoms with Gasteiger partial charge in [-0.05, 0) is 36.2 Å². The molecule has 2 N–H and O–H groups in total. The molecule has 0 saturated heterocycles. The van der Waals surface area contributed by atoms with Gasteiger partial charge in [-0.15, -0.1) is 0 Å². The van der Waals surface area contributed by atoms with Gasteiger partial charge in [-0.3, -0.25) is 14.9 Å². The van der Waals surface area contributed by atoms with E-state index in [1.54, 1.807) is 36.7 Å². The Morgan fingerprint density at radius 1 is 0.718 bits per heavy atom. The normalized spacial score (nSPS) is 16.1. The van der Waals surface area contributed by atoms with Crippen molar-refractivity contribution in [2.75, 3.05) is 46.1 Å². The van der Waals surface area contributed by atoms with E-state index in [1.165, 1.54) is 5.56 Å². The van der Waals surface area contributed by atoms with E-state index >= 15 is 0 Å². The molecule has 0 aliphatic carbocycles. The van der Waals surface area contributed by atoms with Crippen LogP contribution in [0.2, 0.25) is 10.0 Å². The molecule has 206 valence electrons. The van der Waals surface area contributed by atoms with Crippen LogP contribution in [0.5, 0.6) is 11.5 Å². The van der Waals surface area contributed by atoms with Crippen LogP contribution in [0.25, 0.3) is 0 Å². The zero-order chi connectivity index (χ0) is 27.5. The summed E-state index contributed by atoms with van der Waals surface area (Å²) in [6, 6.07) is 17.1. The minimum atomic E-state index is 0.121. The number of hydrogen-bond acceptors (Lipinski definition) is 7. The lowest BCUT2D eigenvalue weighted by Gasteiger charge is -2.24. The summed E-state index contributed by atoms with van der Waals surface area (Å²) >= 11 is 12.9. The fraction of sp³-hybridized carbons (Fsp3) is 0.333. The molecular formula is C30H33Cl2N3O4. The first-order valence-corrected chi connectivity index (χ1v) is 13.7. The Morgan fingerprint density at radius 2 is 1.23 bits per heavy atom. The van der Waals surface area contributed by atoms with E-state index < -0.39 is 0 Å². The lowest BCUT2D eigenvalue weighted by Crippen LogP contribution is -2.25. The van der Waals surface area contributed by atoms with Crippen LogP contribution in [-0.2, 0) is 29.0 Å². The Morgan fingerprint density at radius 3 is 1.74 bits per heavy atom. The maximum atomic E-state index is 11.1. The summed E-state index contributed by atoms with van der Waals surface area (Å²) in [5.74, 6) is 0.243. The van der Waals surface area contributed by atoms with Crippen molar-refractivity contribution in [2.24, 2.45) is 9.98 Å². The van der Waals surface area contributed by atoms with Crippen LogP contribution in [-0.4, -0.2) is 73.6 Å². The Hall–Kier alpha value is -2.94. The average molecular weight is 571 g/mol. The second-order valence-corrected chi connectivity index (χ2v) is 10.1. The second kappa shape index (κ2) is 15.0. The molecule has 1 heterocycles. The standard InChI is InChI=1S/C30H33Cl2N3O4/c31-27-14-23-18-33-7-10-38-12-13-39-11-8-34-19-24-15-28(32)17-26(30(24)37)21-35(20-25(16-27)29(23)36)9-6-22-4-2-1-3-5-22/h1-5,14-19,36-37H,6-13,20-21H2. The molecule has 1 aliphatic rings. The zero-order valence-corrected chi connectivity index (χ0v) is 23.2. The lowest BCUT2D eigenvalue weighted by molar-refractivity contribution is 0.0541. The molecule has 1 aliphatic heterocycles. The average Bonchev–Trinajstić information content (AvgIpc) is 2.92. The van der Waals surface area contributed by atoms with Crippen LogP contribution >= 0.6 is 23.2 Å². The van der Waals surface area contributed by atoms with Gasteiger partial charge in [-0.1, -0.05) is 53.5 Å². The number of hydrogen-bond donors (Lipinski definition) is 2. The van der Waals surface area contributed by atoms with Gasteiger partial charge in [0.25, 0.3) is 0 Å². The van der Waals surface area contributed by atoms with Gasteiger partial charge in [0.1, 0.15) is 11.5 Å². The highest BCUT2D eigenvalue weighted by Crippen LogP contribution is 2.31. The van der Waals surface area contributed by atoms with Crippen molar-refractivity contribution < 1.29 is 19.7 Å². The molecule has 9 heteroatoms. The van der Waals surface area contributed by atoms with Crippen LogP contribution < -0.4 is 0 Å². The predicted octanol–water partition coefficient (Wildman–Crippen LogP) is 5.53. The summed E-state index contributed by atoms with van der Waals surface area (Å²) < 4.78 is 11.1. The van der Waals surface area contributed by atoms with Gasteiger partial charge in [0.05, 0.1) is 39.5 Å². The Labute approximate surface area is 239 Å². The molecule has 4 rings (SSSR count). The first-order valence-electron chi connectivity index (χ1n) is 12.9. The molecular weight excluding hydrogens is 537 g/mol. The Balaban J connectivity index is 1.66. The summed E-state index contributed by atoms with van der Waals surface area (Å²) in [7, 11) is 0. The van der Waals surface area contributed by atoms with Crippen LogP contribution in [0.1, 0.15) is 27.8 Å². The molecule has 0 aromatic heterocycles. The van der Waals surface area contributed by atoms with Gasteiger partial charge >= 0.3 is 0 Å². The third-order valence-electron chi connectivity index (χ3n) is 6.28. The van der Waals surface area contributed by atoms with Crippen molar-refractivity contribution in [1.82, 2.24) is 4.90 Å². The van der Waals surface area contributed by atoms with Gasteiger partial charge in [0.15, 0.2) is 0 Å². The smallest absolute Gasteiger partial charge is 0.128 e. The van der Waals surface area contributed by atoms with E-state index in [9.17, 15) is 10.2 Å². The fourth-order valence-electron chi connectivity index (χ4n) is 4.31. The highest BCUT2D eigenvalue weighted by atomic mass is 35.5. The highest BCUT2D eigenvalue weighted by molar-refractivity contribution is 6.31. The van der Waals surface area contributed by atoms with Crippen LogP contribution in [0.3, 0.4) is 0 Å². The third kappa shape index (κ3) is 9.05. The maximum Gasteiger partial charge on any atom is 0.128 e. The zero-order valence-electron chi connectivity index (χ0n) is 21.7. The molecule has 0 atom stereocenters. The molecule has 0 unspecified atom stereocenters. The lowest BCUT2D eigenvalue weighted by atomic mass is 10.1. The highest BCUT2D eigenvalue weighted by Gasteiger charge is 2.17. The third-order valence-corrected chi connectivity index (χ3v) is 6.71. The van der Waals surface area contributed by atoms with E-state index in [0.717, 1.165) is 6.42 Å². The second-order valence-electron chi connectivity index (χ2n) is 9.25. The van der Waals surface area contributed by atoms with E-state index in [4.69, 9.17) is 32.7 Å². The van der Waals surface area contributed by atoms with Crippen molar-refractivity contribution in [3.05, 3.63) is 92.5 Å². The van der Waals surface area contributed by atoms with E-state index in [0.29, 0.717) is 91.5 Å². The molecule has 0 spiro atoms. The number of phenolic OH excluding ortho intramolecular Hbond substituents is 2. The first-order chi connectivity index (χ1) is 19.0. The van der Waals surface area contributed by atoms with Gasteiger partial charge < -0.3 is 19.7 Å². The largest absolute Gasteiger partial charge is 0.507 e. The number of aliphatic imine (C=N–C) groups is 2. The summed E-state index contributed by atoms with van der Waals surface area (Å²) in [6.07, 6.45) is 4.02. The van der Waals surface area contributed by atoms with Crippen molar-refractivity contribution in [2.45, 2.75) is 19.5 Å². The van der Waals surface area contributed by atoms with Crippen LogP contribution in [0.4, 0.5) is 0 Å². The van der Waals surface area contributed by atoms with E-state index in [-0.39, 0.29) is 11.5 Å². The van der Waals surface area contributed by atoms with Gasteiger partial charge in [0, 0.05) is 64.4 Å². The molecule has 3 aromatic carbocycles. The number of ether oxygens (including phenoxy) is 2. The Bertz CT molecular complexity index is 1210. The van der Waals surface area contributed by atoms with Gasteiger partial charge in [-0.2, -0.15) is 0 Å².